The second kappa shape index (κ2) is 8.86. The molecular formula is C20H23F3N2O3S. The van der Waals surface area contributed by atoms with E-state index in [2.05, 4.69) is 5.32 Å². The highest BCUT2D eigenvalue weighted by atomic mass is 32.2. The van der Waals surface area contributed by atoms with Gasteiger partial charge in [0.05, 0.1) is 17.5 Å². The van der Waals surface area contributed by atoms with Crippen LogP contribution in [0.25, 0.3) is 0 Å². The molecule has 0 heterocycles. The summed E-state index contributed by atoms with van der Waals surface area (Å²) in [5, 5.41) is 2.80. The second-order valence-electron chi connectivity index (χ2n) is 6.80. The van der Waals surface area contributed by atoms with Gasteiger partial charge in [-0.25, -0.2) is 8.42 Å². The number of amides is 1. The third-order valence-electron chi connectivity index (χ3n) is 4.37. The number of halogens is 3. The van der Waals surface area contributed by atoms with E-state index >= 15 is 0 Å². The summed E-state index contributed by atoms with van der Waals surface area (Å²) in [6, 6.07) is 9.72. The van der Waals surface area contributed by atoms with E-state index in [0.29, 0.717) is 5.69 Å². The van der Waals surface area contributed by atoms with E-state index in [0.717, 1.165) is 39.9 Å². The van der Waals surface area contributed by atoms with Gasteiger partial charge < -0.3 is 5.32 Å². The lowest BCUT2D eigenvalue weighted by atomic mass is 10.1. The second-order valence-corrected chi connectivity index (χ2v) is 8.71. The highest BCUT2D eigenvalue weighted by molar-refractivity contribution is 7.92. The molecule has 1 N–H and O–H groups in total. The first kappa shape index (κ1) is 22.7. The molecule has 9 heteroatoms. The van der Waals surface area contributed by atoms with Crippen molar-refractivity contribution in [2.75, 3.05) is 22.4 Å². The number of nitrogens with one attached hydrogen (secondary N) is 1. The van der Waals surface area contributed by atoms with Gasteiger partial charge in [-0.3, -0.25) is 9.10 Å². The molecule has 0 aliphatic rings. The number of carbonyl (C=O) groups excluding carboxylic acids is 1. The fourth-order valence-electron chi connectivity index (χ4n) is 2.92. The lowest BCUT2D eigenvalue weighted by molar-refractivity contribution is -0.137. The van der Waals surface area contributed by atoms with Gasteiger partial charge in [0.25, 0.3) is 0 Å². The molecule has 0 atom stereocenters. The molecule has 0 aliphatic heterocycles. The molecule has 0 aromatic heterocycles. The Labute approximate surface area is 168 Å². The average molecular weight is 428 g/mol. The summed E-state index contributed by atoms with van der Waals surface area (Å²) in [7, 11) is -3.82. The van der Waals surface area contributed by atoms with Gasteiger partial charge in [-0.15, -0.1) is 0 Å². The molecule has 29 heavy (non-hydrogen) atoms. The van der Waals surface area contributed by atoms with E-state index in [1.165, 1.54) is 6.07 Å². The standard InChI is InChI=1S/C20H23F3N2O3S/c1-14-7-4-8-15(2)19(14)24-18(26)11-6-12-25(29(3,27)28)17-10-5-9-16(13-17)20(21,22)23/h4-5,7-10,13H,6,11-12H2,1-3H3,(H,24,26). The molecule has 0 radical (unpaired) electrons. The molecule has 2 rings (SSSR count). The summed E-state index contributed by atoms with van der Waals surface area (Å²) in [6.07, 6.45) is -3.48. The fourth-order valence-corrected chi connectivity index (χ4v) is 3.88. The highest BCUT2D eigenvalue weighted by Gasteiger charge is 2.31. The van der Waals surface area contributed by atoms with Crippen LogP contribution < -0.4 is 9.62 Å². The number of sulfonamides is 1. The van der Waals surface area contributed by atoms with Crippen LogP contribution in [0.3, 0.4) is 0 Å². The van der Waals surface area contributed by atoms with Crippen molar-refractivity contribution in [2.45, 2.75) is 32.9 Å². The summed E-state index contributed by atoms with van der Waals surface area (Å²) in [5.74, 6) is -0.292. The van der Waals surface area contributed by atoms with E-state index in [1.54, 1.807) is 0 Å². The van der Waals surface area contributed by atoms with E-state index in [9.17, 15) is 26.4 Å². The number of benzene rings is 2. The number of aryl methyl sites for hydroxylation is 2. The van der Waals surface area contributed by atoms with Crippen molar-refractivity contribution in [3.05, 3.63) is 59.2 Å². The third-order valence-corrected chi connectivity index (χ3v) is 5.57. The van der Waals surface area contributed by atoms with Crippen molar-refractivity contribution >= 4 is 27.3 Å². The highest BCUT2D eigenvalue weighted by Crippen LogP contribution is 2.32. The van der Waals surface area contributed by atoms with E-state index < -0.39 is 21.8 Å². The van der Waals surface area contributed by atoms with Gasteiger partial charge in [0.1, 0.15) is 0 Å². The van der Waals surface area contributed by atoms with Crippen molar-refractivity contribution in [2.24, 2.45) is 0 Å². The number of anilines is 2. The first-order valence-electron chi connectivity index (χ1n) is 8.90. The average Bonchev–Trinajstić information content (AvgIpc) is 2.60. The van der Waals surface area contributed by atoms with Crippen molar-refractivity contribution < 1.29 is 26.4 Å². The van der Waals surface area contributed by atoms with Crippen LogP contribution >= 0.6 is 0 Å². The van der Waals surface area contributed by atoms with Crippen molar-refractivity contribution in [3.8, 4) is 0 Å². The molecule has 0 spiro atoms. The Kier molecular flexibility index (Phi) is 6.94. The predicted molar refractivity (Wildman–Crippen MR) is 107 cm³/mol. The van der Waals surface area contributed by atoms with Gasteiger partial charge in [0.15, 0.2) is 0 Å². The summed E-state index contributed by atoms with van der Waals surface area (Å²) in [4.78, 5) is 12.2. The van der Waals surface area contributed by atoms with Gasteiger partial charge in [0, 0.05) is 18.7 Å². The minimum Gasteiger partial charge on any atom is -0.326 e. The topological polar surface area (TPSA) is 66.5 Å². The normalized spacial score (nSPS) is 11.9. The zero-order valence-corrected chi connectivity index (χ0v) is 17.2. The zero-order chi connectivity index (χ0) is 21.8. The van der Waals surface area contributed by atoms with E-state index in [1.807, 2.05) is 32.0 Å². The maximum Gasteiger partial charge on any atom is 0.416 e. The number of rotatable bonds is 7. The van der Waals surface area contributed by atoms with Crippen LogP contribution in [-0.2, 0) is 21.0 Å². The van der Waals surface area contributed by atoms with Crippen molar-refractivity contribution in [1.82, 2.24) is 0 Å². The van der Waals surface area contributed by atoms with Crippen LogP contribution in [0.15, 0.2) is 42.5 Å². The first-order valence-corrected chi connectivity index (χ1v) is 10.8. The quantitative estimate of drug-likeness (QED) is 0.706. The molecule has 1 amide bonds. The van der Waals surface area contributed by atoms with Crippen LogP contribution in [0.2, 0.25) is 0 Å². The minimum atomic E-state index is -4.58. The Hall–Kier alpha value is -2.55. The van der Waals surface area contributed by atoms with Crippen LogP contribution in [0.5, 0.6) is 0 Å². The Morgan fingerprint density at radius 2 is 1.66 bits per heavy atom. The number of para-hydroxylation sites is 1. The third kappa shape index (κ3) is 6.22. The maximum absolute atomic E-state index is 12.9. The molecule has 2 aromatic rings. The molecule has 0 saturated carbocycles. The lowest BCUT2D eigenvalue weighted by Gasteiger charge is -2.23. The van der Waals surface area contributed by atoms with Gasteiger partial charge in [-0.1, -0.05) is 24.3 Å². The van der Waals surface area contributed by atoms with Crippen LogP contribution in [0.1, 0.15) is 29.5 Å². The molecule has 0 fully saturated rings. The van der Waals surface area contributed by atoms with Gasteiger partial charge in [0.2, 0.25) is 15.9 Å². The molecule has 0 unspecified atom stereocenters. The smallest absolute Gasteiger partial charge is 0.326 e. The van der Waals surface area contributed by atoms with Gasteiger partial charge >= 0.3 is 6.18 Å². The van der Waals surface area contributed by atoms with Crippen LogP contribution in [-0.4, -0.2) is 27.1 Å². The fraction of sp³-hybridized carbons (Fsp3) is 0.350. The maximum atomic E-state index is 12.9. The largest absolute Gasteiger partial charge is 0.416 e. The van der Waals surface area contributed by atoms with E-state index in [-0.39, 0.29) is 31.0 Å². The molecule has 0 saturated heterocycles. The minimum absolute atomic E-state index is 0.0265. The number of hydrogen-bond acceptors (Lipinski definition) is 3. The Bertz CT molecular complexity index is 968. The Morgan fingerprint density at radius 1 is 1.07 bits per heavy atom. The summed E-state index contributed by atoms with van der Waals surface area (Å²) < 4.78 is 63.9. The number of nitrogens with zero attached hydrogens (tertiary/aromatic N) is 1. The molecule has 0 aliphatic carbocycles. The summed E-state index contributed by atoms with van der Waals surface area (Å²) in [6.45, 7) is 3.61. The molecule has 2 aromatic carbocycles. The Morgan fingerprint density at radius 3 is 2.21 bits per heavy atom. The van der Waals surface area contributed by atoms with Crippen LogP contribution in [0.4, 0.5) is 24.5 Å². The zero-order valence-electron chi connectivity index (χ0n) is 16.4. The van der Waals surface area contributed by atoms with Crippen molar-refractivity contribution in [1.29, 1.82) is 0 Å². The monoisotopic (exact) mass is 428 g/mol. The van der Waals surface area contributed by atoms with Gasteiger partial charge in [-0.05, 0) is 49.6 Å². The van der Waals surface area contributed by atoms with Crippen LogP contribution in [0, 0.1) is 13.8 Å². The van der Waals surface area contributed by atoms with E-state index in [4.69, 9.17) is 0 Å². The Balaban J connectivity index is 2.08. The number of alkyl halides is 3. The lowest BCUT2D eigenvalue weighted by Crippen LogP contribution is -2.31. The van der Waals surface area contributed by atoms with Gasteiger partial charge in [-0.2, -0.15) is 13.2 Å². The SMILES string of the molecule is Cc1cccc(C)c1NC(=O)CCCN(c1cccc(C(F)(F)F)c1)S(C)(=O)=O. The first-order chi connectivity index (χ1) is 13.4. The molecule has 0 bridgehead atoms. The molecule has 5 nitrogen and oxygen atoms in total. The molecular weight excluding hydrogens is 405 g/mol. The van der Waals surface area contributed by atoms with Crippen molar-refractivity contribution in [3.63, 3.8) is 0 Å². The predicted octanol–water partition coefficient (Wildman–Crippen LogP) is 4.51. The number of hydrogen-bond donors (Lipinski definition) is 1. The summed E-state index contributed by atoms with van der Waals surface area (Å²) >= 11 is 0. The molecule has 158 valence electrons. The summed E-state index contributed by atoms with van der Waals surface area (Å²) in [5.41, 5.74) is 1.49. The number of carbonyl (C=O) groups is 1.